The Morgan fingerprint density at radius 3 is 2.35 bits per heavy atom. The number of carbonyl (C=O) groups is 2. The van der Waals surface area contributed by atoms with Crippen LogP contribution in [-0.2, 0) is 17.3 Å². The first kappa shape index (κ1) is 22.8. The van der Waals surface area contributed by atoms with Gasteiger partial charge in [-0.15, -0.1) is 10.2 Å². The molecular weight excluding hydrogens is 434 g/mol. The van der Waals surface area contributed by atoms with Gasteiger partial charge in [0.25, 0.3) is 5.91 Å². The smallest absolute Gasteiger partial charge is 0.271 e. The van der Waals surface area contributed by atoms with E-state index in [1.807, 2.05) is 23.7 Å². The number of hydrazine groups is 1. The van der Waals surface area contributed by atoms with Crippen molar-refractivity contribution in [3.8, 4) is 11.4 Å². The third-order valence-corrected chi connectivity index (χ3v) is 5.96. The van der Waals surface area contributed by atoms with Crippen molar-refractivity contribution in [1.82, 2.24) is 25.6 Å². The van der Waals surface area contributed by atoms with Crippen molar-refractivity contribution in [3.63, 3.8) is 0 Å². The van der Waals surface area contributed by atoms with Crippen molar-refractivity contribution in [2.24, 2.45) is 7.05 Å². The van der Waals surface area contributed by atoms with Gasteiger partial charge >= 0.3 is 0 Å². The molecule has 1 aromatic heterocycles. The standard InChI is InChI=1S/C22H24ClN5O2S/c1-22(2,3)15-11-9-14(10-12-15)19-25-27-21(28(19)4)31-13-18(29)24-26-20(30)16-7-5-6-8-17(16)23/h5-12H,13H2,1-4H3,(H,24,29)(H,26,30). The highest BCUT2D eigenvalue weighted by atomic mass is 35.5. The maximum Gasteiger partial charge on any atom is 0.271 e. The number of nitrogens with one attached hydrogen (secondary N) is 2. The fourth-order valence-electron chi connectivity index (χ4n) is 2.82. The average molecular weight is 458 g/mol. The fraction of sp³-hybridized carbons (Fsp3) is 0.273. The molecule has 0 unspecified atom stereocenters. The summed E-state index contributed by atoms with van der Waals surface area (Å²) in [5, 5.41) is 9.35. The highest BCUT2D eigenvalue weighted by Gasteiger charge is 2.16. The molecule has 2 aromatic carbocycles. The second-order valence-corrected chi connectivity index (χ2v) is 9.31. The Morgan fingerprint density at radius 2 is 1.71 bits per heavy atom. The van der Waals surface area contributed by atoms with Crippen LogP contribution in [0.3, 0.4) is 0 Å². The molecule has 0 aliphatic heterocycles. The first-order valence-electron chi connectivity index (χ1n) is 9.63. The van der Waals surface area contributed by atoms with Gasteiger partial charge < -0.3 is 4.57 Å². The van der Waals surface area contributed by atoms with Crippen LogP contribution in [0.4, 0.5) is 0 Å². The largest absolute Gasteiger partial charge is 0.305 e. The number of rotatable bonds is 5. The predicted molar refractivity (Wildman–Crippen MR) is 123 cm³/mol. The van der Waals surface area contributed by atoms with Crippen molar-refractivity contribution in [2.45, 2.75) is 31.3 Å². The number of benzene rings is 2. The molecular formula is C22H24ClN5O2S. The lowest BCUT2D eigenvalue weighted by Gasteiger charge is -2.19. The second-order valence-electron chi connectivity index (χ2n) is 7.96. The Balaban J connectivity index is 1.57. The lowest BCUT2D eigenvalue weighted by Crippen LogP contribution is -2.42. The molecule has 7 nitrogen and oxygen atoms in total. The van der Waals surface area contributed by atoms with E-state index in [4.69, 9.17) is 11.6 Å². The van der Waals surface area contributed by atoms with Crippen molar-refractivity contribution < 1.29 is 9.59 Å². The minimum Gasteiger partial charge on any atom is -0.305 e. The Kier molecular flexibility index (Phi) is 7.02. The van der Waals surface area contributed by atoms with Gasteiger partial charge in [-0.1, -0.05) is 80.5 Å². The lowest BCUT2D eigenvalue weighted by molar-refractivity contribution is -0.119. The molecule has 2 N–H and O–H groups in total. The Labute approximate surface area is 190 Å². The monoisotopic (exact) mass is 457 g/mol. The number of aromatic nitrogens is 3. The highest BCUT2D eigenvalue weighted by Crippen LogP contribution is 2.27. The number of amides is 2. The predicted octanol–water partition coefficient (Wildman–Crippen LogP) is 3.99. The number of hydrogen-bond donors (Lipinski definition) is 2. The number of carbonyl (C=O) groups excluding carboxylic acids is 2. The maximum absolute atomic E-state index is 12.1. The molecule has 162 valence electrons. The fourth-order valence-corrected chi connectivity index (χ4v) is 3.75. The molecule has 0 spiro atoms. The van der Waals surface area contributed by atoms with Crippen LogP contribution in [0.15, 0.2) is 53.7 Å². The minimum absolute atomic E-state index is 0.0672. The number of hydrogen-bond acceptors (Lipinski definition) is 5. The van der Waals surface area contributed by atoms with Gasteiger partial charge in [0.15, 0.2) is 11.0 Å². The molecule has 0 fully saturated rings. The van der Waals surface area contributed by atoms with E-state index < -0.39 is 5.91 Å². The zero-order chi connectivity index (χ0) is 22.6. The van der Waals surface area contributed by atoms with E-state index in [9.17, 15) is 9.59 Å². The zero-order valence-corrected chi connectivity index (χ0v) is 19.3. The van der Waals surface area contributed by atoms with E-state index >= 15 is 0 Å². The van der Waals surface area contributed by atoms with Crippen LogP contribution in [0.25, 0.3) is 11.4 Å². The summed E-state index contributed by atoms with van der Waals surface area (Å²) in [5.74, 6) is -0.0685. The number of nitrogens with zero attached hydrogens (tertiary/aromatic N) is 3. The summed E-state index contributed by atoms with van der Waals surface area (Å²) in [4.78, 5) is 24.2. The van der Waals surface area contributed by atoms with E-state index in [1.54, 1.807) is 24.3 Å². The quantitative estimate of drug-likeness (QED) is 0.446. The molecule has 0 atom stereocenters. The second kappa shape index (κ2) is 9.53. The molecule has 0 radical (unpaired) electrons. The van der Waals surface area contributed by atoms with E-state index in [1.165, 1.54) is 17.3 Å². The molecule has 0 saturated heterocycles. The van der Waals surface area contributed by atoms with Crippen molar-refractivity contribution in [3.05, 3.63) is 64.7 Å². The van der Waals surface area contributed by atoms with E-state index in [-0.39, 0.29) is 22.6 Å². The zero-order valence-electron chi connectivity index (χ0n) is 17.8. The number of thioether (sulfide) groups is 1. The Hall–Kier alpha value is -2.84. The minimum atomic E-state index is -0.483. The molecule has 31 heavy (non-hydrogen) atoms. The van der Waals surface area contributed by atoms with Gasteiger partial charge in [-0.25, -0.2) is 0 Å². The molecule has 0 bridgehead atoms. The average Bonchev–Trinajstić information content (AvgIpc) is 3.10. The van der Waals surface area contributed by atoms with Crippen molar-refractivity contribution in [2.75, 3.05) is 5.75 Å². The highest BCUT2D eigenvalue weighted by molar-refractivity contribution is 7.99. The summed E-state index contributed by atoms with van der Waals surface area (Å²) in [5.41, 5.74) is 7.29. The van der Waals surface area contributed by atoms with Gasteiger partial charge in [0.1, 0.15) is 0 Å². The first-order valence-corrected chi connectivity index (χ1v) is 11.0. The molecule has 0 saturated carbocycles. The summed E-state index contributed by atoms with van der Waals surface area (Å²) >= 11 is 7.21. The molecule has 2 amide bonds. The van der Waals surface area contributed by atoms with Crippen LogP contribution in [0.1, 0.15) is 36.7 Å². The van der Waals surface area contributed by atoms with Crippen molar-refractivity contribution in [1.29, 1.82) is 0 Å². The van der Waals surface area contributed by atoms with Crippen LogP contribution in [0, 0.1) is 0 Å². The van der Waals surface area contributed by atoms with Crippen LogP contribution in [0.5, 0.6) is 0 Å². The summed E-state index contributed by atoms with van der Waals surface area (Å²) in [6.45, 7) is 6.50. The summed E-state index contributed by atoms with van der Waals surface area (Å²) in [6, 6.07) is 14.8. The molecule has 3 rings (SSSR count). The molecule has 0 aliphatic rings. The Bertz CT molecular complexity index is 1090. The molecule has 9 heteroatoms. The lowest BCUT2D eigenvalue weighted by atomic mass is 9.87. The van der Waals surface area contributed by atoms with Gasteiger partial charge in [-0.05, 0) is 23.1 Å². The van der Waals surface area contributed by atoms with E-state index in [0.717, 1.165) is 11.4 Å². The maximum atomic E-state index is 12.1. The van der Waals surface area contributed by atoms with Gasteiger partial charge in [0.2, 0.25) is 5.91 Å². The van der Waals surface area contributed by atoms with Crippen molar-refractivity contribution >= 4 is 35.2 Å². The summed E-state index contributed by atoms with van der Waals surface area (Å²) in [6.07, 6.45) is 0. The van der Waals surface area contributed by atoms with Gasteiger partial charge in [0.05, 0.1) is 16.3 Å². The van der Waals surface area contributed by atoms with Crippen LogP contribution in [0.2, 0.25) is 5.02 Å². The van der Waals surface area contributed by atoms with Gasteiger partial charge in [-0.3, -0.25) is 20.4 Å². The molecule has 0 aliphatic carbocycles. The third-order valence-electron chi connectivity index (χ3n) is 4.61. The summed E-state index contributed by atoms with van der Waals surface area (Å²) < 4.78 is 1.84. The van der Waals surface area contributed by atoms with Gasteiger partial charge in [0, 0.05) is 12.6 Å². The molecule has 1 heterocycles. The first-order chi connectivity index (χ1) is 14.7. The Morgan fingerprint density at radius 1 is 1.03 bits per heavy atom. The number of halogens is 1. The van der Waals surface area contributed by atoms with Crippen LogP contribution in [-0.4, -0.2) is 32.3 Å². The summed E-state index contributed by atoms with van der Waals surface area (Å²) in [7, 11) is 1.85. The third kappa shape index (κ3) is 5.65. The molecule has 3 aromatic rings. The van der Waals surface area contributed by atoms with E-state index in [0.29, 0.717) is 10.2 Å². The van der Waals surface area contributed by atoms with E-state index in [2.05, 4.69) is 54.0 Å². The van der Waals surface area contributed by atoms with Crippen LogP contribution < -0.4 is 10.9 Å². The normalized spacial score (nSPS) is 11.3. The van der Waals surface area contributed by atoms with Gasteiger partial charge in [-0.2, -0.15) is 0 Å². The topological polar surface area (TPSA) is 88.9 Å². The SMILES string of the molecule is Cn1c(SCC(=O)NNC(=O)c2ccccc2Cl)nnc1-c1ccc(C(C)(C)C)cc1. The van der Waals surface area contributed by atoms with Crippen LogP contribution >= 0.6 is 23.4 Å².